The summed E-state index contributed by atoms with van der Waals surface area (Å²) in [4.78, 5) is 1.96. The number of benzene rings is 1. The smallest absolute Gasteiger partial charge is 0.272 e. The van der Waals surface area contributed by atoms with E-state index in [4.69, 9.17) is 4.74 Å². The zero-order valence-electron chi connectivity index (χ0n) is 10.5. The molecule has 0 aromatic heterocycles. The van der Waals surface area contributed by atoms with E-state index in [2.05, 4.69) is 5.32 Å². The molecule has 0 aliphatic carbocycles. The van der Waals surface area contributed by atoms with Crippen molar-refractivity contribution in [3.05, 3.63) is 24.0 Å². The molecule has 6 heteroatoms. The van der Waals surface area contributed by atoms with Gasteiger partial charge in [-0.1, -0.05) is 0 Å². The first kappa shape index (κ1) is 14.0. The Kier molecular flexibility index (Phi) is 4.90. The highest BCUT2D eigenvalue weighted by Crippen LogP contribution is 2.30. The molecule has 0 amide bonds. The Morgan fingerprint density at radius 3 is 2.89 bits per heavy atom. The van der Waals surface area contributed by atoms with E-state index < -0.39 is 18.8 Å². The van der Waals surface area contributed by atoms with Crippen LogP contribution in [0.1, 0.15) is 6.42 Å². The number of halogens is 3. The largest absolute Gasteiger partial charge is 0.485 e. The summed E-state index contributed by atoms with van der Waals surface area (Å²) >= 11 is 0. The fraction of sp³-hybridized carbons (Fsp3) is 0.538. The molecule has 19 heavy (non-hydrogen) atoms. The van der Waals surface area contributed by atoms with Gasteiger partial charge in [-0.2, -0.15) is 0 Å². The standard InChI is InChI=1S/C13H17F3N2O/c14-10-2-3-12(19-9-13(15)16)11(8-10)18-6-1-4-17-5-7-18/h2-3,8,13,17H,1,4-7,9H2. The van der Waals surface area contributed by atoms with Crippen LogP contribution in [0.5, 0.6) is 5.75 Å². The van der Waals surface area contributed by atoms with E-state index in [-0.39, 0.29) is 0 Å². The van der Waals surface area contributed by atoms with Crippen molar-refractivity contribution in [1.29, 1.82) is 0 Å². The van der Waals surface area contributed by atoms with Crippen LogP contribution in [0.15, 0.2) is 18.2 Å². The van der Waals surface area contributed by atoms with Crippen molar-refractivity contribution in [3.8, 4) is 5.75 Å². The van der Waals surface area contributed by atoms with Crippen LogP contribution >= 0.6 is 0 Å². The number of nitrogens with one attached hydrogen (secondary N) is 1. The maximum Gasteiger partial charge on any atom is 0.272 e. The molecule has 106 valence electrons. The molecule has 1 N–H and O–H groups in total. The maximum absolute atomic E-state index is 13.4. The Labute approximate surface area is 110 Å². The summed E-state index contributed by atoms with van der Waals surface area (Å²) in [6, 6.07) is 3.97. The van der Waals surface area contributed by atoms with E-state index in [0.29, 0.717) is 18.0 Å². The number of alkyl halides is 2. The zero-order valence-corrected chi connectivity index (χ0v) is 10.5. The van der Waals surface area contributed by atoms with Crippen LogP contribution in [0.2, 0.25) is 0 Å². The van der Waals surface area contributed by atoms with Crippen molar-refractivity contribution in [1.82, 2.24) is 5.32 Å². The molecule has 1 aliphatic heterocycles. The number of ether oxygens (including phenoxy) is 1. The number of hydrogen-bond acceptors (Lipinski definition) is 3. The summed E-state index contributed by atoms with van der Waals surface area (Å²) in [5, 5.41) is 3.24. The first-order chi connectivity index (χ1) is 9.16. The molecule has 1 aliphatic rings. The summed E-state index contributed by atoms with van der Waals surface area (Å²) in [5.41, 5.74) is 0.546. The molecule has 0 bridgehead atoms. The molecule has 0 unspecified atom stereocenters. The third kappa shape index (κ3) is 4.02. The first-order valence-corrected chi connectivity index (χ1v) is 6.33. The van der Waals surface area contributed by atoms with Crippen molar-refractivity contribution in [2.45, 2.75) is 12.8 Å². The zero-order chi connectivity index (χ0) is 13.7. The van der Waals surface area contributed by atoms with Crippen molar-refractivity contribution in [2.24, 2.45) is 0 Å². The second-order valence-corrected chi connectivity index (χ2v) is 4.40. The summed E-state index contributed by atoms with van der Waals surface area (Å²) in [7, 11) is 0. The first-order valence-electron chi connectivity index (χ1n) is 6.33. The Balaban J connectivity index is 2.17. The van der Waals surface area contributed by atoms with Gasteiger partial charge in [0.2, 0.25) is 0 Å². The quantitative estimate of drug-likeness (QED) is 0.911. The fourth-order valence-corrected chi connectivity index (χ4v) is 2.10. The maximum atomic E-state index is 13.4. The lowest BCUT2D eigenvalue weighted by Gasteiger charge is -2.25. The molecule has 2 rings (SSSR count). The van der Waals surface area contributed by atoms with E-state index in [0.717, 1.165) is 26.1 Å². The summed E-state index contributed by atoms with van der Waals surface area (Å²) in [5.74, 6) is -0.0831. The lowest BCUT2D eigenvalue weighted by molar-refractivity contribution is 0.0821. The summed E-state index contributed by atoms with van der Waals surface area (Å²) in [6.07, 6.45) is -1.62. The number of hydrogen-bond donors (Lipinski definition) is 1. The van der Waals surface area contributed by atoms with Crippen LogP contribution in [0.25, 0.3) is 0 Å². The predicted octanol–water partition coefficient (Wildman–Crippen LogP) is 2.27. The molecule has 0 saturated carbocycles. The molecular weight excluding hydrogens is 257 g/mol. The van der Waals surface area contributed by atoms with Gasteiger partial charge in [0.25, 0.3) is 6.43 Å². The molecule has 1 fully saturated rings. The molecule has 0 spiro atoms. The Morgan fingerprint density at radius 1 is 1.26 bits per heavy atom. The Morgan fingerprint density at radius 2 is 2.11 bits per heavy atom. The van der Waals surface area contributed by atoms with Crippen molar-refractivity contribution >= 4 is 5.69 Å². The van der Waals surface area contributed by atoms with Crippen molar-refractivity contribution < 1.29 is 17.9 Å². The van der Waals surface area contributed by atoms with Crippen molar-refractivity contribution in [2.75, 3.05) is 37.7 Å². The summed E-state index contributed by atoms with van der Waals surface area (Å²) < 4.78 is 42.9. The second kappa shape index (κ2) is 6.65. The van der Waals surface area contributed by atoms with Crippen LogP contribution in [0, 0.1) is 5.82 Å². The minimum atomic E-state index is -2.54. The SMILES string of the molecule is Fc1ccc(OCC(F)F)c(N2CCCNCC2)c1. The van der Waals surface area contributed by atoms with E-state index in [1.807, 2.05) is 4.90 Å². The Hall–Kier alpha value is -1.43. The predicted molar refractivity (Wildman–Crippen MR) is 67.6 cm³/mol. The average Bonchev–Trinajstić information content (AvgIpc) is 2.65. The van der Waals surface area contributed by atoms with Gasteiger partial charge in [0, 0.05) is 25.7 Å². The van der Waals surface area contributed by atoms with E-state index in [1.165, 1.54) is 18.2 Å². The molecule has 1 heterocycles. The molecule has 1 saturated heterocycles. The minimum absolute atomic E-state index is 0.309. The Bertz CT molecular complexity index is 407. The summed E-state index contributed by atoms with van der Waals surface area (Å²) in [6.45, 7) is 2.46. The van der Waals surface area contributed by atoms with Crippen LogP contribution < -0.4 is 15.0 Å². The van der Waals surface area contributed by atoms with Gasteiger partial charge in [0.15, 0.2) is 0 Å². The average molecular weight is 274 g/mol. The highest BCUT2D eigenvalue weighted by Gasteiger charge is 2.16. The van der Waals surface area contributed by atoms with Gasteiger partial charge >= 0.3 is 0 Å². The van der Waals surface area contributed by atoms with Gasteiger partial charge < -0.3 is 15.0 Å². The normalized spacial score (nSPS) is 16.5. The molecule has 0 radical (unpaired) electrons. The lowest BCUT2D eigenvalue weighted by atomic mass is 10.2. The fourth-order valence-electron chi connectivity index (χ4n) is 2.10. The topological polar surface area (TPSA) is 24.5 Å². The monoisotopic (exact) mass is 274 g/mol. The third-order valence-corrected chi connectivity index (χ3v) is 2.97. The van der Waals surface area contributed by atoms with E-state index in [9.17, 15) is 13.2 Å². The molecular formula is C13H17F3N2O. The van der Waals surface area contributed by atoms with Gasteiger partial charge in [-0.05, 0) is 25.1 Å². The highest BCUT2D eigenvalue weighted by atomic mass is 19.3. The number of rotatable bonds is 4. The number of nitrogens with zero attached hydrogens (tertiary/aromatic N) is 1. The molecule has 0 atom stereocenters. The van der Waals surface area contributed by atoms with Crippen molar-refractivity contribution in [3.63, 3.8) is 0 Å². The third-order valence-electron chi connectivity index (χ3n) is 2.97. The minimum Gasteiger partial charge on any atom is -0.485 e. The highest BCUT2D eigenvalue weighted by molar-refractivity contribution is 5.58. The van der Waals surface area contributed by atoms with E-state index in [1.54, 1.807) is 0 Å². The van der Waals surface area contributed by atoms with Crippen LogP contribution in [-0.2, 0) is 0 Å². The van der Waals surface area contributed by atoms with Gasteiger partial charge in [-0.15, -0.1) is 0 Å². The van der Waals surface area contributed by atoms with E-state index >= 15 is 0 Å². The lowest BCUT2D eigenvalue weighted by Crippen LogP contribution is -2.28. The molecule has 1 aromatic carbocycles. The molecule has 1 aromatic rings. The molecule has 3 nitrogen and oxygen atoms in total. The van der Waals surface area contributed by atoms with Gasteiger partial charge in [0.1, 0.15) is 18.2 Å². The van der Waals surface area contributed by atoms with Gasteiger partial charge in [0.05, 0.1) is 5.69 Å². The number of anilines is 1. The second-order valence-electron chi connectivity index (χ2n) is 4.40. The van der Waals surface area contributed by atoms with Gasteiger partial charge in [-0.25, -0.2) is 13.2 Å². The van der Waals surface area contributed by atoms with Crippen LogP contribution in [0.3, 0.4) is 0 Å². The van der Waals surface area contributed by atoms with Gasteiger partial charge in [-0.3, -0.25) is 0 Å². The van der Waals surface area contributed by atoms with Crippen LogP contribution in [0.4, 0.5) is 18.9 Å². The van der Waals surface area contributed by atoms with Crippen LogP contribution in [-0.4, -0.2) is 39.2 Å².